The number of carbonyl (C=O) groups excluding carboxylic acids is 2. The molecule has 2 aromatic rings. The molecule has 0 atom stereocenters. The number of pyridine rings is 1. The first kappa shape index (κ1) is 16.0. The third-order valence-electron chi connectivity index (χ3n) is 4.09. The summed E-state index contributed by atoms with van der Waals surface area (Å²) in [5, 5.41) is 5.40. The van der Waals surface area contributed by atoms with E-state index in [0.29, 0.717) is 24.2 Å². The van der Waals surface area contributed by atoms with Gasteiger partial charge < -0.3 is 15.4 Å². The molecule has 0 radical (unpaired) electrons. The largest absolute Gasteiger partial charge is 0.496 e. The fourth-order valence-corrected chi connectivity index (χ4v) is 2.87. The number of hydrogen-bond acceptors (Lipinski definition) is 4. The second kappa shape index (κ2) is 6.70. The number of hydrogen-bond donors (Lipinski definition) is 2. The minimum absolute atomic E-state index is 0.0653. The molecule has 1 aliphatic rings. The lowest BCUT2D eigenvalue weighted by Gasteiger charge is -2.20. The van der Waals surface area contributed by atoms with Crippen LogP contribution in [-0.4, -0.2) is 37.5 Å². The molecule has 0 saturated carbocycles. The number of carbonyl (C=O) groups is 2. The molecule has 1 aromatic carbocycles. The van der Waals surface area contributed by atoms with E-state index in [4.69, 9.17) is 4.74 Å². The van der Waals surface area contributed by atoms with E-state index in [-0.39, 0.29) is 11.8 Å². The van der Waals surface area contributed by atoms with Crippen molar-refractivity contribution >= 4 is 11.8 Å². The van der Waals surface area contributed by atoms with Crippen LogP contribution in [0, 0.1) is 0 Å². The van der Waals surface area contributed by atoms with Gasteiger partial charge in [-0.05, 0) is 42.2 Å². The number of fused-ring (bicyclic) bond motifs is 1. The molecule has 0 saturated heterocycles. The van der Waals surface area contributed by atoms with Crippen molar-refractivity contribution in [3.05, 3.63) is 58.4 Å². The van der Waals surface area contributed by atoms with Crippen LogP contribution in [0.1, 0.15) is 37.5 Å². The Labute approximate surface area is 140 Å². The molecular formula is C18H19N3O3. The molecule has 1 aromatic heterocycles. The van der Waals surface area contributed by atoms with Gasteiger partial charge in [-0.25, -0.2) is 0 Å². The van der Waals surface area contributed by atoms with Gasteiger partial charge in [0.2, 0.25) is 0 Å². The van der Waals surface area contributed by atoms with Gasteiger partial charge in [-0.15, -0.1) is 0 Å². The number of aromatic nitrogens is 1. The van der Waals surface area contributed by atoms with Crippen LogP contribution in [0.3, 0.4) is 0 Å². The predicted octanol–water partition coefficient (Wildman–Crippen LogP) is 1.33. The van der Waals surface area contributed by atoms with Crippen LogP contribution in [0.15, 0.2) is 30.5 Å². The molecule has 124 valence electrons. The van der Waals surface area contributed by atoms with Crippen molar-refractivity contribution in [1.82, 2.24) is 15.6 Å². The summed E-state index contributed by atoms with van der Waals surface area (Å²) in [6, 6.07) is 7.42. The summed E-state index contributed by atoms with van der Waals surface area (Å²) in [5.41, 5.74) is 3.94. The molecule has 6 heteroatoms. The van der Waals surface area contributed by atoms with Crippen LogP contribution in [0.5, 0.6) is 5.75 Å². The van der Waals surface area contributed by atoms with E-state index in [9.17, 15) is 9.59 Å². The minimum atomic E-state index is -0.214. The van der Waals surface area contributed by atoms with E-state index in [1.165, 1.54) is 0 Å². The maximum Gasteiger partial charge on any atom is 0.269 e. The molecule has 1 aliphatic heterocycles. The zero-order chi connectivity index (χ0) is 17.1. The summed E-state index contributed by atoms with van der Waals surface area (Å²) in [6.07, 6.45) is 3.06. The van der Waals surface area contributed by atoms with Crippen molar-refractivity contribution < 1.29 is 14.3 Å². The monoisotopic (exact) mass is 325 g/mol. The Morgan fingerprint density at radius 2 is 2.17 bits per heavy atom. The van der Waals surface area contributed by atoms with Crippen molar-refractivity contribution in [3.8, 4) is 5.75 Å². The highest BCUT2D eigenvalue weighted by Gasteiger charge is 2.21. The second-order valence-corrected chi connectivity index (χ2v) is 5.64. The summed E-state index contributed by atoms with van der Waals surface area (Å²) in [5.74, 6) is 0.463. The number of benzene rings is 1. The van der Waals surface area contributed by atoms with E-state index in [1.807, 2.05) is 18.2 Å². The third-order valence-corrected chi connectivity index (χ3v) is 4.09. The molecule has 2 N–H and O–H groups in total. The van der Waals surface area contributed by atoms with Gasteiger partial charge >= 0.3 is 0 Å². The quantitative estimate of drug-likeness (QED) is 0.889. The van der Waals surface area contributed by atoms with Crippen LogP contribution in [0.25, 0.3) is 0 Å². The lowest BCUT2D eigenvalue weighted by molar-refractivity contribution is 0.0941. The van der Waals surface area contributed by atoms with E-state index in [1.54, 1.807) is 26.4 Å². The molecule has 0 spiro atoms. The van der Waals surface area contributed by atoms with Crippen LogP contribution >= 0.6 is 0 Å². The number of methoxy groups -OCH3 is 1. The molecule has 3 rings (SSSR count). The van der Waals surface area contributed by atoms with Crippen molar-refractivity contribution in [1.29, 1.82) is 0 Å². The van der Waals surface area contributed by atoms with Crippen LogP contribution < -0.4 is 15.4 Å². The van der Waals surface area contributed by atoms with Gasteiger partial charge in [0.25, 0.3) is 11.8 Å². The Morgan fingerprint density at radius 1 is 1.33 bits per heavy atom. The number of rotatable bonds is 4. The van der Waals surface area contributed by atoms with E-state index in [2.05, 4.69) is 15.6 Å². The molecule has 0 bridgehead atoms. The maximum atomic E-state index is 12.1. The smallest absolute Gasteiger partial charge is 0.269 e. The average Bonchev–Trinajstić information content (AvgIpc) is 2.62. The first-order valence-corrected chi connectivity index (χ1v) is 7.77. The van der Waals surface area contributed by atoms with Gasteiger partial charge in [-0.3, -0.25) is 14.6 Å². The summed E-state index contributed by atoms with van der Waals surface area (Å²) in [4.78, 5) is 27.8. The molecule has 24 heavy (non-hydrogen) atoms. The zero-order valence-corrected chi connectivity index (χ0v) is 13.7. The Morgan fingerprint density at radius 3 is 2.83 bits per heavy atom. The normalized spacial score (nSPS) is 13.0. The van der Waals surface area contributed by atoms with Crippen LogP contribution in [-0.2, 0) is 12.8 Å². The standard InChI is InChI=1S/C18H19N3O3/c1-19-18(23)15-4-3-11(10-21-15)7-12-8-14-13(16(9-12)24-2)5-6-20-17(14)22/h3-4,8-10H,5-7H2,1-2H3,(H,19,23)(H,20,22). The van der Waals surface area contributed by atoms with Crippen LogP contribution in [0.2, 0.25) is 0 Å². The number of nitrogens with zero attached hydrogens (tertiary/aromatic N) is 1. The minimum Gasteiger partial charge on any atom is -0.496 e. The molecule has 2 heterocycles. The number of amides is 2. The Kier molecular flexibility index (Phi) is 4.46. The molecule has 0 aliphatic carbocycles. The maximum absolute atomic E-state index is 12.1. The number of nitrogens with one attached hydrogen (secondary N) is 2. The number of ether oxygens (including phenoxy) is 1. The first-order valence-electron chi connectivity index (χ1n) is 7.77. The van der Waals surface area contributed by atoms with Crippen molar-refractivity contribution in [2.45, 2.75) is 12.8 Å². The summed E-state index contributed by atoms with van der Waals surface area (Å²) < 4.78 is 5.46. The van der Waals surface area contributed by atoms with E-state index in [0.717, 1.165) is 28.9 Å². The topological polar surface area (TPSA) is 80.3 Å². The second-order valence-electron chi connectivity index (χ2n) is 5.64. The van der Waals surface area contributed by atoms with Gasteiger partial charge in [0.05, 0.1) is 7.11 Å². The van der Waals surface area contributed by atoms with Crippen molar-refractivity contribution in [2.24, 2.45) is 0 Å². The Balaban J connectivity index is 1.89. The van der Waals surface area contributed by atoms with Crippen LogP contribution in [0.4, 0.5) is 0 Å². The molecule has 2 amide bonds. The van der Waals surface area contributed by atoms with E-state index < -0.39 is 0 Å². The predicted molar refractivity (Wildman–Crippen MR) is 89.5 cm³/mol. The highest BCUT2D eigenvalue weighted by Crippen LogP contribution is 2.28. The Bertz CT molecular complexity index is 785. The molecule has 0 unspecified atom stereocenters. The third kappa shape index (κ3) is 3.08. The van der Waals surface area contributed by atoms with Gasteiger partial charge in [-0.2, -0.15) is 0 Å². The van der Waals surface area contributed by atoms with Gasteiger partial charge in [0, 0.05) is 30.9 Å². The van der Waals surface area contributed by atoms with Crippen molar-refractivity contribution in [2.75, 3.05) is 20.7 Å². The zero-order valence-electron chi connectivity index (χ0n) is 13.7. The highest BCUT2D eigenvalue weighted by molar-refractivity contribution is 5.97. The van der Waals surface area contributed by atoms with Gasteiger partial charge in [0.1, 0.15) is 11.4 Å². The molecule has 0 fully saturated rings. The highest BCUT2D eigenvalue weighted by atomic mass is 16.5. The van der Waals surface area contributed by atoms with Gasteiger partial charge in [0.15, 0.2) is 0 Å². The fourth-order valence-electron chi connectivity index (χ4n) is 2.87. The lowest BCUT2D eigenvalue weighted by Crippen LogP contribution is -2.32. The van der Waals surface area contributed by atoms with E-state index >= 15 is 0 Å². The summed E-state index contributed by atoms with van der Waals surface area (Å²) in [6.45, 7) is 0.631. The first-order chi connectivity index (χ1) is 11.6. The van der Waals surface area contributed by atoms with Crippen molar-refractivity contribution in [3.63, 3.8) is 0 Å². The van der Waals surface area contributed by atoms with Gasteiger partial charge in [-0.1, -0.05) is 6.07 Å². The fraction of sp³-hybridized carbons (Fsp3) is 0.278. The Hall–Kier alpha value is -2.89. The lowest BCUT2D eigenvalue weighted by atomic mass is 9.94. The summed E-state index contributed by atoms with van der Waals surface area (Å²) >= 11 is 0. The molecular weight excluding hydrogens is 306 g/mol. The SMILES string of the molecule is CNC(=O)c1ccc(Cc2cc(OC)c3c(c2)C(=O)NCC3)cn1. The average molecular weight is 325 g/mol. The molecule has 6 nitrogen and oxygen atoms in total. The summed E-state index contributed by atoms with van der Waals surface area (Å²) in [7, 11) is 3.19.